The van der Waals surface area contributed by atoms with Crippen molar-refractivity contribution in [1.29, 1.82) is 0 Å². The molecule has 124 valence electrons. The van der Waals surface area contributed by atoms with Gasteiger partial charge in [0.15, 0.2) is 0 Å². The predicted molar refractivity (Wildman–Crippen MR) is 90.4 cm³/mol. The van der Waals surface area contributed by atoms with E-state index in [4.69, 9.17) is 0 Å². The first-order valence-electron chi connectivity index (χ1n) is 7.78. The number of rotatable bonds is 5. The van der Waals surface area contributed by atoms with Gasteiger partial charge in [0.25, 0.3) is 0 Å². The third-order valence-corrected chi connectivity index (χ3v) is 3.94. The molecule has 0 bridgehead atoms. The lowest BCUT2D eigenvalue weighted by atomic mass is 10.1. The Hall–Kier alpha value is -2.14. The number of benzene rings is 1. The maximum absolute atomic E-state index is 11.6. The molecule has 2 aromatic rings. The molecule has 5 nitrogen and oxygen atoms in total. The van der Waals surface area contributed by atoms with Crippen molar-refractivity contribution in [3.63, 3.8) is 0 Å². The van der Waals surface area contributed by atoms with Crippen LogP contribution in [0, 0.1) is 13.8 Å². The number of carboxylic acids is 1. The zero-order valence-electron chi connectivity index (χ0n) is 14.4. The zero-order valence-corrected chi connectivity index (χ0v) is 14.4. The van der Waals surface area contributed by atoms with Gasteiger partial charge >= 0.3 is 5.97 Å². The molecule has 1 atom stereocenters. The lowest BCUT2D eigenvalue weighted by Gasteiger charge is -2.21. The van der Waals surface area contributed by atoms with E-state index in [1.165, 1.54) is 0 Å². The second kappa shape index (κ2) is 6.54. The SMILES string of the molecule is Cc1nn(C(C)(C)C)c(C)c1CN[C@@H](C(=O)O)c1ccccc1. The van der Waals surface area contributed by atoms with E-state index in [1.807, 2.05) is 48.9 Å². The van der Waals surface area contributed by atoms with Crippen LogP contribution in [0.1, 0.15) is 49.3 Å². The summed E-state index contributed by atoms with van der Waals surface area (Å²) in [7, 11) is 0. The number of nitrogens with zero attached hydrogens (tertiary/aromatic N) is 2. The van der Waals surface area contributed by atoms with Gasteiger partial charge in [-0.15, -0.1) is 0 Å². The van der Waals surface area contributed by atoms with Gasteiger partial charge in [-0.1, -0.05) is 30.3 Å². The molecule has 0 fully saturated rings. The van der Waals surface area contributed by atoms with Crippen molar-refractivity contribution < 1.29 is 9.90 Å². The van der Waals surface area contributed by atoms with E-state index in [9.17, 15) is 9.90 Å². The monoisotopic (exact) mass is 315 g/mol. The molecule has 2 N–H and O–H groups in total. The molecule has 0 aliphatic rings. The highest BCUT2D eigenvalue weighted by atomic mass is 16.4. The van der Waals surface area contributed by atoms with Gasteiger partial charge in [-0.05, 0) is 40.2 Å². The largest absolute Gasteiger partial charge is 0.480 e. The third-order valence-electron chi connectivity index (χ3n) is 3.94. The maximum Gasteiger partial charge on any atom is 0.325 e. The number of aliphatic carboxylic acids is 1. The van der Waals surface area contributed by atoms with Crippen molar-refractivity contribution in [3.8, 4) is 0 Å². The number of hydrogen-bond acceptors (Lipinski definition) is 3. The quantitative estimate of drug-likeness (QED) is 0.889. The van der Waals surface area contributed by atoms with Crippen molar-refractivity contribution in [2.75, 3.05) is 0 Å². The predicted octanol–water partition coefficient (Wildman–Crippen LogP) is 3.17. The molecule has 1 heterocycles. The summed E-state index contributed by atoms with van der Waals surface area (Å²) in [5.74, 6) is -0.880. The molecule has 23 heavy (non-hydrogen) atoms. The smallest absolute Gasteiger partial charge is 0.325 e. The summed E-state index contributed by atoms with van der Waals surface area (Å²) in [5.41, 5.74) is 3.71. The minimum Gasteiger partial charge on any atom is -0.480 e. The molecule has 0 saturated heterocycles. The van der Waals surface area contributed by atoms with Crippen molar-refractivity contribution in [3.05, 3.63) is 52.8 Å². The molecule has 1 aromatic heterocycles. The summed E-state index contributed by atoms with van der Waals surface area (Å²) in [6.07, 6.45) is 0. The molecule has 5 heteroatoms. The molecule has 1 aromatic carbocycles. The summed E-state index contributed by atoms with van der Waals surface area (Å²) in [5, 5.41) is 17.2. The van der Waals surface area contributed by atoms with Gasteiger partial charge in [0, 0.05) is 17.8 Å². The van der Waals surface area contributed by atoms with E-state index >= 15 is 0 Å². The number of carboxylic acid groups (broad SMARTS) is 1. The van der Waals surface area contributed by atoms with Gasteiger partial charge in [0.05, 0.1) is 11.2 Å². The normalized spacial score (nSPS) is 13.1. The Kier molecular flexibility index (Phi) is 4.90. The lowest BCUT2D eigenvalue weighted by Crippen LogP contribution is -2.29. The molecule has 0 aliphatic carbocycles. The first kappa shape index (κ1) is 17.2. The van der Waals surface area contributed by atoms with Gasteiger partial charge in [0.1, 0.15) is 6.04 Å². The van der Waals surface area contributed by atoms with Crippen LogP contribution in [0.5, 0.6) is 0 Å². The van der Waals surface area contributed by atoms with Gasteiger partial charge in [0.2, 0.25) is 0 Å². The van der Waals surface area contributed by atoms with Gasteiger partial charge in [-0.25, -0.2) is 0 Å². The fourth-order valence-corrected chi connectivity index (χ4v) is 2.78. The Morgan fingerprint density at radius 3 is 2.35 bits per heavy atom. The molecule has 0 radical (unpaired) electrons. The van der Waals surface area contributed by atoms with Crippen molar-refractivity contribution in [2.45, 2.75) is 52.7 Å². The van der Waals surface area contributed by atoms with Crippen molar-refractivity contribution >= 4 is 5.97 Å². The van der Waals surface area contributed by atoms with E-state index in [-0.39, 0.29) is 5.54 Å². The zero-order chi connectivity index (χ0) is 17.2. The Labute approximate surface area is 137 Å². The molecular weight excluding hydrogens is 290 g/mol. The molecule has 0 unspecified atom stereocenters. The highest BCUT2D eigenvalue weighted by Gasteiger charge is 2.23. The average molecular weight is 315 g/mol. The summed E-state index contributed by atoms with van der Waals surface area (Å²) in [6, 6.07) is 8.49. The van der Waals surface area contributed by atoms with Crippen LogP contribution >= 0.6 is 0 Å². The van der Waals surface area contributed by atoms with Crippen LogP contribution in [-0.2, 0) is 16.9 Å². The number of aromatic nitrogens is 2. The van der Waals surface area contributed by atoms with Crippen molar-refractivity contribution in [2.24, 2.45) is 0 Å². The van der Waals surface area contributed by atoms with E-state index < -0.39 is 12.0 Å². The molecule has 2 rings (SSSR count). The van der Waals surface area contributed by atoms with Crippen LogP contribution < -0.4 is 5.32 Å². The number of nitrogens with one attached hydrogen (secondary N) is 1. The van der Waals surface area contributed by atoms with Gasteiger partial charge in [-0.3, -0.25) is 14.8 Å². The van der Waals surface area contributed by atoms with E-state index in [0.29, 0.717) is 6.54 Å². The fraction of sp³-hybridized carbons (Fsp3) is 0.444. The third kappa shape index (κ3) is 3.79. The van der Waals surface area contributed by atoms with Crippen LogP contribution in [0.15, 0.2) is 30.3 Å². The topological polar surface area (TPSA) is 67.2 Å². The summed E-state index contributed by atoms with van der Waals surface area (Å²) in [4.78, 5) is 11.6. The van der Waals surface area contributed by atoms with Crippen LogP contribution in [0.25, 0.3) is 0 Å². The Morgan fingerprint density at radius 2 is 1.87 bits per heavy atom. The number of carbonyl (C=O) groups is 1. The highest BCUT2D eigenvalue weighted by molar-refractivity contribution is 5.75. The van der Waals surface area contributed by atoms with E-state index in [2.05, 4.69) is 31.2 Å². The summed E-state index contributed by atoms with van der Waals surface area (Å²) >= 11 is 0. The summed E-state index contributed by atoms with van der Waals surface area (Å²) in [6.45, 7) is 10.8. The first-order valence-corrected chi connectivity index (χ1v) is 7.78. The first-order chi connectivity index (χ1) is 10.7. The van der Waals surface area contributed by atoms with Crippen LogP contribution in [0.4, 0.5) is 0 Å². The molecule has 0 aliphatic heterocycles. The average Bonchev–Trinajstić information content (AvgIpc) is 2.76. The van der Waals surface area contributed by atoms with Gasteiger partial charge in [-0.2, -0.15) is 5.10 Å². The minimum absolute atomic E-state index is 0.0985. The Morgan fingerprint density at radius 1 is 1.26 bits per heavy atom. The summed E-state index contributed by atoms with van der Waals surface area (Å²) < 4.78 is 2.00. The molecule has 0 amide bonds. The standard InChI is InChI=1S/C18H25N3O2/c1-12-15(13(2)21(20-12)18(3,4)5)11-19-16(17(22)23)14-9-7-6-8-10-14/h6-10,16,19H,11H2,1-5H3,(H,22,23)/t16-/m1/s1. The van der Waals surface area contributed by atoms with E-state index in [1.54, 1.807) is 0 Å². The Bertz CT molecular complexity index is 684. The number of aryl methyl sites for hydroxylation is 1. The second-order valence-corrected chi connectivity index (χ2v) is 6.79. The highest BCUT2D eigenvalue weighted by Crippen LogP contribution is 2.22. The minimum atomic E-state index is -0.880. The van der Waals surface area contributed by atoms with E-state index in [0.717, 1.165) is 22.5 Å². The lowest BCUT2D eigenvalue weighted by molar-refractivity contribution is -0.139. The van der Waals surface area contributed by atoms with Crippen LogP contribution in [0.3, 0.4) is 0 Å². The molecular formula is C18H25N3O2. The number of hydrogen-bond donors (Lipinski definition) is 2. The fourth-order valence-electron chi connectivity index (χ4n) is 2.78. The maximum atomic E-state index is 11.6. The van der Waals surface area contributed by atoms with Crippen LogP contribution in [-0.4, -0.2) is 20.9 Å². The second-order valence-electron chi connectivity index (χ2n) is 6.79. The molecule has 0 saturated carbocycles. The Balaban J connectivity index is 2.23. The van der Waals surface area contributed by atoms with Gasteiger partial charge < -0.3 is 5.11 Å². The van der Waals surface area contributed by atoms with Crippen molar-refractivity contribution in [1.82, 2.24) is 15.1 Å². The molecule has 0 spiro atoms. The van der Waals surface area contributed by atoms with Crippen LogP contribution in [0.2, 0.25) is 0 Å².